The molecule has 3 amide bonds. The number of hydrogen-bond acceptors (Lipinski definition) is 2. The van der Waals surface area contributed by atoms with Gasteiger partial charge in [-0.05, 0) is 12.8 Å². The van der Waals surface area contributed by atoms with Gasteiger partial charge in [-0.1, -0.05) is 12.2 Å². The summed E-state index contributed by atoms with van der Waals surface area (Å²) < 4.78 is 0. The second-order valence-electron chi connectivity index (χ2n) is 3.53. The van der Waals surface area contributed by atoms with Crippen LogP contribution in [0, 0.1) is 0 Å². The van der Waals surface area contributed by atoms with Gasteiger partial charge in [-0.25, -0.2) is 4.79 Å². The molecule has 1 N–H and O–H groups in total. The summed E-state index contributed by atoms with van der Waals surface area (Å²) in [6.45, 7) is 5.13. The highest BCUT2D eigenvalue weighted by atomic mass is 35.5. The molecular weight excluding hydrogens is 216 g/mol. The summed E-state index contributed by atoms with van der Waals surface area (Å²) in [7, 11) is 0. The first-order chi connectivity index (χ1) is 7.13. The number of rotatable bonds is 2. The van der Waals surface area contributed by atoms with Crippen LogP contribution in [0.5, 0.6) is 0 Å². The van der Waals surface area contributed by atoms with E-state index in [0.717, 1.165) is 18.4 Å². The zero-order valence-electron chi connectivity index (χ0n) is 8.59. The van der Waals surface area contributed by atoms with Crippen LogP contribution in [0.4, 0.5) is 4.79 Å². The molecule has 1 aliphatic rings. The highest BCUT2D eigenvalue weighted by molar-refractivity contribution is 6.19. The van der Waals surface area contributed by atoms with Crippen molar-refractivity contribution in [3.05, 3.63) is 12.2 Å². The van der Waals surface area contributed by atoms with E-state index < -0.39 is 0 Å². The SMILES string of the molecule is C=C1CCN(C(=O)NC(=O)CCCl)CC1. The number of carbonyl (C=O) groups is 2. The van der Waals surface area contributed by atoms with Crippen LogP contribution in [-0.4, -0.2) is 35.8 Å². The molecule has 1 aliphatic heterocycles. The molecule has 84 valence electrons. The standard InChI is InChI=1S/C10H15ClN2O2/c1-8-3-6-13(7-4-8)10(15)12-9(14)2-5-11/h1-7H2,(H,12,14,15). The summed E-state index contributed by atoms with van der Waals surface area (Å²) >= 11 is 5.39. The number of likely N-dealkylation sites (tertiary alicyclic amines) is 1. The van der Waals surface area contributed by atoms with Gasteiger partial charge >= 0.3 is 6.03 Å². The van der Waals surface area contributed by atoms with Crippen LogP contribution in [0.25, 0.3) is 0 Å². The van der Waals surface area contributed by atoms with Crippen molar-refractivity contribution in [3.8, 4) is 0 Å². The second-order valence-corrected chi connectivity index (χ2v) is 3.91. The van der Waals surface area contributed by atoms with Crippen LogP contribution in [0.2, 0.25) is 0 Å². The minimum atomic E-state index is -0.322. The van der Waals surface area contributed by atoms with Crippen LogP contribution >= 0.6 is 11.6 Å². The van der Waals surface area contributed by atoms with Crippen molar-refractivity contribution in [3.63, 3.8) is 0 Å². The fraction of sp³-hybridized carbons (Fsp3) is 0.600. The number of urea groups is 1. The largest absolute Gasteiger partial charge is 0.324 e. The summed E-state index contributed by atoms with van der Waals surface area (Å²) in [5, 5.41) is 2.30. The Morgan fingerprint density at radius 2 is 2.00 bits per heavy atom. The predicted molar refractivity (Wildman–Crippen MR) is 58.8 cm³/mol. The Bertz CT molecular complexity index is 269. The van der Waals surface area contributed by atoms with E-state index in [0.29, 0.717) is 13.1 Å². The van der Waals surface area contributed by atoms with E-state index in [2.05, 4.69) is 11.9 Å². The number of nitrogens with zero attached hydrogens (tertiary/aromatic N) is 1. The smallest absolute Gasteiger partial charge is 0.324 e. The molecule has 0 saturated carbocycles. The van der Waals surface area contributed by atoms with Gasteiger partial charge in [-0.2, -0.15) is 0 Å². The fourth-order valence-corrected chi connectivity index (χ4v) is 1.54. The highest BCUT2D eigenvalue weighted by Crippen LogP contribution is 2.13. The molecule has 5 heteroatoms. The lowest BCUT2D eigenvalue weighted by molar-refractivity contribution is -0.119. The molecule has 1 heterocycles. The molecule has 1 fully saturated rings. The van der Waals surface area contributed by atoms with Crippen LogP contribution < -0.4 is 5.32 Å². The quantitative estimate of drug-likeness (QED) is 0.578. The number of imide groups is 1. The summed E-state index contributed by atoms with van der Waals surface area (Å²) in [4.78, 5) is 24.2. The van der Waals surface area contributed by atoms with Gasteiger partial charge in [0.15, 0.2) is 0 Å². The summed E-state index contributed by atoms with van der Waals surface area (Å²) in [5.74, 6) is -0.0879. The zero-order valence-corrected chi connectivity index (χ0v) is 9.35. The van der Waals surface area contributed by atoms with Crippen molar-refractivity contribution >= 4 is 23.5 Å². The molecule has 0 bridgehead atoms. The van der Waals surface area contributed by atoms with Gasteiger partial charge < -0.3 is 4.90 Å². The number of alkyl halides is 1. The monoisotopic (exact) mass is 230 g/mol. The van der Waals surface area contributed by atoms with Crippen LogP contribution in [0.1, 0.15) is 19.3 Å². The molecule has 0 aromatic carbocycles. The number of nitrogens with one attached hydrogen (secondary N) is 1. The number of halogens is 1. The van der Waals surface area contributed by atoms with E-state index >= 15 is 0 Å². The van der Waals surface area contributed by atoms with E-state index in [1.807, 2.05) is 0 Å². The molecule has 15 heavy (non-hydrogen) atoms. The van der Waals surface area contributed by atoms with Crippen molar-refractivity contribution in [2.75, 3.05) is 19.0 Å². The average molecular weight is 231 g/mol. The number of amides is 3. The Kier molecular flexibility index (Phi) is 4.62. The summed E-state index contributed by atoms with van der Waals surface area (Å²) in [6.07, 6.45) is 1.81. The maximum absolute atomic E-state index is 11.5. The van der Waals surface area contributed by atoms with E-state index in [-0.39, 0.29) is 24.2 Å². The van der Waals surface area contributed by atoms with Crippen molar-refractivity contribution in [1.29, 1.82) is 0 Å². The Morgan fingerprint density at radius 1 is 1.40 bits per heavy atom. The minimum Gasteiger partial charge on any atom is -0.324 e. The van der Waals surface area contributed by atoms with Gasteiger partial charge in [-0.15, -0.1) is 11.6 Å². The number of piperidine rings is 1. The maximum Gasteiger partial charge on any atom is 0.324 e. The second kappa shape index (κ2) is 5.75. The molecule has 0 spiro atoms. The predicted octanol–water partition coefficient (Wildman–Crippen LogP) is 1.50. The molecule has 0 unspecified atom stereocenters. The molecule has 0 aliphatic carbocycles. The lowest BCUT2D eigenvalue weighted by Crippen LogP contribution is -2.45. The molecule has 4 nitrogen and oxygen atoms in total. The van der Waals surface area contributed by atoms with Crippen LogP contribution in [0.3, 0.4) is 0 Å². The van der Waals surface area contributed by atoms with Gasteiger partial charge in [0.2, 0.25) is 5.91 Å². The third kappa shape index (κ3) is 3.91. The molecule has 0 aromatic heterocycles. The lowest BCUT2D eigenvalue weighted by Gasteiger charge is -2.27. The Hall–Kier alpha value is -1.03. The van der Waals surface area contributed by atoms with E-state index in [1.165, 1.54) is 0 Å². The van der Waals surface area contributed by atoms with Gasteiger partial charge in [0, 0.05) is 25.4 Å². The van der Waals surface area contributed by atoms with E-state index in [4.69, 9.17) is 11.6 Å². The van der Waals surface area contributed by atoms with Gasteiger partial charge in [0.05, 0.1) is 0 Å². The van der Waals surface area contributed by atoms with Crippen LogP contribution in [-0.2, 0) is 4.79 Å². The first kappa shape index (κ1) is 12.0. The third-order valence-corrected chi connectivity index (χ3v) is 2.51. The topological polar surface area (TPSA) is 49.4 Å². The first-order valence-corrected chi connectivity index (χ1v) is 5.48. The molecule has 0 atom stereocenters. The molecule has 1 saturated heterocycles. The average Bonchev–Trinajstić information content (AvgIpc) is 2.18. The number of carbonyl (C=O) groups excluding carboxylic acids is 2. The highest BCUT2D eigenvalue weighted by Gasteiger charge is 2.19. The van der Waals surface area contributed by atoms with E-state index in [9.17, 15) is 9.59 Å². The zero-order chi connectivity index (χ0) is 11.3. The summed E-state index contributed by atoms with van der Waals surface area (Å²) in [5.41, 5.74) is 1.16. The Balaban J connectivity index is 2.34. The van der Waals surface area contributed by atoms with Gasteiger partial charge in [0.25, 0.3) is 0 Å². The van der Waals surface area contributed by atoms with Crippen molar-refractivity contribution in [1.82, 2.24) is 10.2 Å². The molecular formula is C10H15ClN2O2. The van der Waals surface area contributed by atoms with Crippen molar-refractivity contribution in [2.24, 2.45) is 0 Å². The van der Waals surface area contributed by atoms with Crippen LogP contribution in [0.15, 0.2) is 12.2 Å². The third-order valence-electron chi connectivity index (χ3n) is 2.33. The molecule has 0 aromatic rings. The summed E-state index contributed by atoms with van der Waals surface area (Å²) in [6, 6.07) is -0.322. The van der Waals surface area contributed by atoms with E-state index in [1.54, 1.807) is 4.90 Å². The first-order valence-electron chi connectivity index (χ1n) is 4.95. The van der Waals surface area contributed by atoms with Gasteiger partial charge in [0.1, 0.15) is 0 Å². The normalized spacial score (nSPS) is 16.3. The van der Waals surface area contributed by atoms with Crippen molar-refractivity contribution < 1.29 is 9.59 Å². The van der Waals surface area contributed by atoms with Gasteiger partial charge in [-0.3, -0.25) is 10.1 Å². The van der Waals surface area contributed by atoms with Crippen molar-refractivity contribution in [2.45, 2.75) is 19.3 Å². The fourth-order valence-electron chi connectivity index (χ4n) is 1.37. The minimum absolute atomic E-state index is 0.174. The maximum atomic E-state index is 11.5. The Morgan fingerprint density at radius 3 is 2.53 bits per heavy atom. The number of hydrogen-bond donors (Lipinski definition) is 1. The Labute approximate surface area is 94.3 Å². The lowest BCUT2D eigenvalue weighted by atomic mass is 10.1. The molecule has 1 rings (SSSR count). The molecule has 0 radical (unpaired) electrons.